The van der Waals surface area contributed by atoms with Crippen molar-refractivity contribution in [2.75, 3.05) is 17.4 Å². The van der Waals surface area contributed by atoms with E-state index in [1.807, 2.05) is 0 Å². The van der Waals surface area contributed by atoms with E-state index in [0.717, 1.165) is 0 Å². The molecule has 13 nitrogen and oxygen atoms in total. The summed E-state index contributed by atoms with van der Waals surface area (Å²) in [6.07, 6.45) is -2.68. The van der Waals surface area contributed by atoms with Gasteiger partial charge < -0.3 is 25.6 Å². The van der Waals surface area contributed by atoms with Crippen LogP contribution in [0.5, 0.6) is 0 Å². The highest BCUT2D eigenvalue weighted by Gasteiger charge is 2.54. The smallest absolute Gasteiger partial charge is 0.387 e. The largest absolute Gasteiger partial charge is 0.430 e. The Morgan fingerprint density at radius 2 is 2.13 bits per heavy atom. The molecule has 4 rings (SSSR count). The van der Waals surface area contributed by atoms with Crippen molar-refractivity contribution in [2.45, 2.75) is 31.0 Å². The van der Waals surface area contributed by atoms with E-state index in [4.69, 9.17) is 15.0 Å². The molecule has 1 aromatic carbocycles. The molecular weight excluding hydrogens is 431 g/mol. The van der Waals surface area contributed by atoms with Gasteiger partial charge in [-0.15, -0.1) is 0 Å². The van der Waals surface area contributed by atoms with Crippen LogP contribution in [0.25, 0.3) is 11.2 Å². The summed E-state index contributed by atoms with van der Waals surface area (Å²) >= 11 is 0. The van der Waals surface area contributed by atoms with Crippen molar-refractivity contribution in [3.05, 3.63) is 47.0 Å². The van der Waals surface area contributed by atoms with Crippen molar-refractivity contribution in [1.29, 1.82) is 0 Å². The van der Waals surface area contributed by atoms with Gasteiger partial charge in [-0.1, -0.05) is 18.2 Å². The van der Waals surface area contributed by atoms with Gasteiger partial charge in [0.25, 0.3) is 5.56 Å². The Morgan fingerprint density at radius 1 is 1.42 bits per heavy atom. The van der Waals surface area contributed by atoms with Gasteiger partial charge in [0, 0.05) is 5.69 Å². The van der Waals surface area contributed by atoms with Crippen LogP contribution in [0.4, 0.5) is 11.6 Å². The number of nitrogens with one attached hydrogen (secondary N) is 2. The van der Waals surface area contributed by atoms with Crippen molar-refractivity contribution in [2.24, 2.45) is 0 Å². The van der Waals surface area contributed by atoms with E-state index in [0.29, 0.717) is 5.69 Å². The van der Waals surface area contributed by atoms with Crippen LogP contribution in [0.2, 0.25) is 0 Å². The highest BCUT2D eigenvalue weighted by molar-refractivity contribution is 7.54. The van der Waals surface area contributed by atoms with Crippen molar-refractivity contribution in [1.82, 2.24) is 19.5 Å². The van der Waals surface area contributed by atoms with Gasteiger partial charge in [-0.2, -0.15) is 4.98 Å². The molecule has 1 aliphatic rings. The van der Waals surface area contributed by atoms with E-state index in [1.54, 1.807) is 30.3 Å². The molecule has 5 atom stereocenters. The minimum absolute atomic E-state index is 0.0327. The molecule has 1 fully saturated rings. The molecule has 0 amide bonds. The van der Waals surface area contributed by atoms with E-state index >= 15 is 0 Å². The maximum atomic E-state index is 12.3. The topological polar surface area (TPSA) is 198 Å². The van der Waals surface area contributed by atoms with Crippen LogP contribution in [0, 0.1) is 0 Å². The number of aromatic amines is 1. The Bertz CT molecular complexity index is 1200. The van der Waals surface area contributed by atoms with Crippen molar-refractivity contribution in [3.63, 3.8) is 0 Å². The van der Waals surface area contributed by atoms with Gasteiger partial charge in [-0.3, -0.25) is 24.0 Å². The fraction of sp³-hybridized carbons (Fsp3) is 0.353. The monoisotopic (exact) mass is 452 g/mol. The molecule has 0 spiro atoms. The summed E-state index contributed by atoms with van der Waals surface area (Å²) in [5.74, 6) is -0.162. The number of nitrogens with two attached hydrogens (primary N) is 1. The van der Waals surface area contributed by atoms with E-state index in [-0.39, 0.29) is 17.1 Å². The van der Waals surface area contributed by atoms with Crippen LogP contribution in [-0.2, 0) is 13.8 Å². The first-order chi connectivity index (χ1) is 14.6. The molecule has 166 valence electrons. The Kier molecular flexibility index (Phi) is 5.33. The molecule has 3 heterocycles. The van der Waals surface area contributed by atoms with Crippen LogP contribution in [0.3, 0.4) is 0 Å². The summed E-state index contributed by atoms with van der Waals surface area (Å²) in [5.41, 5.74) is 3.52. The first kappa shape index (κ1) is 21.4. The molecule has 1 aliphatic heterocycles. The molecule has 0 saturated carbocycles. The lowest BCUT2D eigenvalue weighted by Gasteiger charge is -2.27. The van der Waals surface area contributed by atoms with Crippen LogP contribution >= 0.6 is 7.75 Å². The fourth-order valence-corrected chi connectivity index (χ4v) is 4.26. The van der Waals surface area contributed by atoms with Gasteiger partial charge in [0.15, 0.2) is 17.4 Å². The number of nitrogen functional groups attached to an aromatic ring is 1. The molecule has 31 heavy (non-hydrogen) atoms. The predicted molar refractivity (Wildman–Crippen MR) is 109 cm³/mol. The average Bonchev–Trinajstić information content (AvgIpc) is 3.20. The predicted octanol–water partition coefficient (Wildman–Crippen LogP) is -0.0598. The first-order valence-electron chi connectivity index (χ1n) is 9.17. The minimum Gasteiger partial charge on any atom is -0.387 e. The lowest BCUT2D eigenvalue weighted by Crippen LogP contribution is -2.44. The van der Waals surface area contributed by atoms with Crippen LogP contribution in [-0.4, -0.2) is 59.0 Å². The molecule has 1 unspecified atom stereocenters. The van der Waals surface area contributed by atoms with Gasteiger partial charge in [0.05, 0.1) is 12.9 Å². The zero-order valence-electron chi connectivity index (χ0n) is 16.2. The van der Waals surface area contributed by atoms with Crippen molar-refractivity contribution < 1.29 is 28.9 Å². The van der Waals surface area contributed by atoms with E-state index in [2.05, 4.69) is 20.0 Å². The number of hydrogen-bond donors (Lipinski definition) is 6. The molecule has 0 radical (unpaired) electrons. The minimum atomic E-state index is -4.28. The number of benzene rings is 1. The third-order valence-corrected chi connectivity index (χ3v) is 5.96. The van der Waals surface area contributed by atoms with Crippen LogP contribution in [0.15, 0.2) is 41.5 Å². The van der Waals surface area contributed by atoms with Gasteiger partial charge in [-0.25, -0.2) is 9.55 Å². The average molecular weight is 452 g/mol. The standard InChI is InChI=1S/C17H21N6O7P/c1-17(26)12(24)10(7-29-31(27,28)22-9-5-3-2-4-6-9)30-15(17)23-8-19-11-13(23)20-16(18)21-14(11)25/h2-6,8,10,12,15,24,26H,7H2,1H3,(H2,22,27,28)(H3,18,20,21,25)/t10-,12-,15-,17-/m1/s1. The summed E-state index contributed by atoms with van der Waals surface area (Å²) < 4.78 is 24.3. The van der Waals surface area contributed by atoms with Crippen LogP contribution < -0.4 is 16.4 Å². The van der Waals surface area contributed by atoms with E-state index in [1.165, 1.54) is 17.8 Å². The number of rotatable bonds is 6. The molecule has 2 aromatic heterocycles. The highest BCUT2D eigenvalue weighted by Crippen LogP contribution is 2.45. The maximum absolute atomic E-state index is 12.3. The Hall–Kier alpha value is -2.80. The Morgan fingerprint density at radius 3 is 2.84 bits per heavy atom. The first-order valence-corrected chi connectivity index (χ1v) is 10.7. The third-order valence-electron chi connectivity index (χ3n) is 4.92. The second-order valence-electron chi connectivity index (χ2n) is 7.27. The molecule has 7 N–H and O–H groups in total. The quantitative estimate of drug-likeness (QED) is 0.274. The van der Waals surface area contributed by atoms with Gasteiger partial charge in [0.1, 0.15) is 17.8 Å². The lowest BCUT2D eigenvalue weighted by atomic mass is 9.96. The second kappa shape index (κ2) is 7.71. The van der Waals surface area contributed by atoms with Gasteiger partial charge in [0.2, 0.25) is 5.95 Å². The SMILES string of the molecule is C[C@@]1(O)[C@H](O)[C@@H](COP(=O)(O)Nc2ccccc2)O[C@H]1n1cnc2c(=O)[nH]c(N)nc21. The number of aromatic nitrogens is 4. The fourth-order valence-electron chi connectivity index (χ4n) is 3.38. The number of ether oxygens (including phenoxy) is 1. The lowest BCUT2D eigenvalue weighted by molar-refractivity contribution is -0.0948. The zero-order chi connectivity index (χ0) is 22.4. The number of aliphatic hydroxyl groups is 2. The van der Waals surface area contributed by atoms with Gasteiger partial charge in [-0.05, 0) is 19.1 Å². The summed E-state index contributed by atoms with van der Waals surface area (Å²) in [6.45, 7) is 0.801. The maximum Gasteiger partial charge on any atom is 0.430 e. The number of fused-ring (bicyclic) bond motifs is 1. The summed E-state index contributed by atoms with van der Waals surface area (Å²) in [4.78, 5) is 32.3. The zero-order valence-corrected chi connectivity index (χ0v) is 17.1. The number of aliphatic hydroxyl groups excluding tert-OH is 1. The number of para-hydroxylation sites is 1. The third kappa shape index (κ3) is 4.06. The highest BCUT2D eigenvalue weighted by atomic mass is 31.2. The van der Waals surface area contributed by atoms with E-state index in [9.17, 15) is 24.5 Å². The van der Waals surface area contributed by atoms with Gasteiger partial charge >= 0.3 is 7.75 Å². The number of H-pyrrole nitrogens is 1. The molecule has 14 heteroatoms. The molecule has 1 saturated heterocycles. The normalized spacial score (nSPS) is 27.9. The molecule has 0 bridgehead atoms. The number of anilines is 2. The summed E-state index contributed by atoms with van der Waals surface area (Å²) in [5, 5.41) is 23.8. The number of hydrogen-bond acceptors (Lipinski definition) is 9. The summed E-state index contributed by atoms with van der Waals surface area (Å²) in [6, 6.07) is 8.26. The number of imidazole rings is 1. The molecule has 0 aliphatic carbocycles. The second-order valence-corrected chi connectivity index (χ2v) is 8.79. The summed E-state index contributed by atoms with van der Waals surface area (Å²) in [7, 11) is -4.28. The van der Waals surface area contributed by atoms with Crippen molar-refractivity contribution >= 4 is 30.5 Å². The Labute approximate surface area is 175 Å². The van der Waals surface area contributed by atoms with Crippen molar-refractivity contribution in [3.8, 4) is 0 Å². The number of nitrogens with zero attached hydrogens (tertiary/aromatic N) is 3. The molecular formula is C17H21N6O7P. The Balaban J connectivity index is 1.53. The van der Waals surface area contributed by atoms with Crippen LogP contribution in [0.1, 0.15) is 13.2 Å². The van der Waals surface area contributed by atoms with E-state index < -0.39 is 43.9 Å². The molecule has 3 aromatic rings.